The Labute approximate surface area is 167 Å². The van der Waals surface area contributed by atoms with E-state index in [1.54, 1.807) is 12.1 Å². The summed E-state index contributed by atoms with van der Waals surface area (Å²) in [5.41, 5.74) is 3.90. The Balaban J connectivity index is 1.79. The lowest BCUT2D eigenvalue weighted by atomic mass is 10.0. The molecule has 0 saturated carbocycles. The van der Waals surface area contributed by atoms with E-state index in [9.17, 15) is 4.79 Å². The van der Waals surface area contributed by atoms with Gasteiger partial charge in [-0.3, -0.25) is 15.1 Å². The Hall–Kier alpha value is -1.50. The van der Waals surface area contributed by atoms with Crippen LogP contribution in [0.3, 0.4) is 0 Å². The first kappa shape index (κ1) is 19.3. The third-order valence-corrected chi connectivity index (χ3v) is 5.69. The number of nitrogens with zero attached hydrogens (tertiary/aromatic N) is 2. The van der Waals surface area contributed by atoms with Gasteiger partial charge in [-0.15, -0.1) is 0 Å². The third kappa shape index (κ3) is 3.92. The molecule has 0 aromatic heterocycles. The third-order valence-electron chi connectivity index (χ3n) is 4.54. The number of nitrogens with two attached hydrogens (primary N) is 1. The van der Waals surface area contributed by atoms with Crippen molar-refractivity contribution in [3.8, 4) is 0 Å². The fourth-order valence-electron chi connectivity index (χ4n) is 3.24. The van der Waals surface area contributed by atoms with Crippen molar-refractivity contribution in [2.45, 2.75) is 6.04 Å². The van der Waals surface area contributed by atoms with Gasteiger partial charge in [-0.05, 0) is 23.8 Å². The second kappa shape index (κ2) is 8.46. The number of nitrogens with one attached hydrogen (secondary N) is 1. The zero-order valence-electron chi connectivity index (χ0n) is 14.0. The molecule has 2 aromatic rings. The van der Waals surface area contributed by atoms with Gasteiger partial charge in [0.2, 0.25) is 0 Å². The molecule has 1 aliphatic heterocycles. The number of hydrogen-bond donors (Lipinski definition) is 2. The molecule has 0 bridgehead atoms. The summed E-state index contributed by atoms with van der Waals surface area (Å²) in [6.07, 6.45) is 0. The van der Waals surface area contributed by atoms with Crippen molar-refractivity contribution in [2.24, 2.45) is 5.84 Å². The summed E-state index contributed by atoms with van der Waals surface area (Å²) in [7, 11) is 0. The van der Waals surface area contributed by atoms with E-state index in [4.69, 9.17) is 40.6 Å². The van der Waals surface area contributed by atoms with Gasteiger partial charge in [0.15, 0.2) is 0 Å². The molecule has 1 amide bonds. The monoisotopic (exact) mass is 412 g/mol. The van der Waals surface area contributed by atoms with Crippen LogP contribution in [0.4, 0.5) is 5.69 Å². The van der Waals surface area contributed by atoms with Crippen LogP contribution in [-0.4, -0.2) is 37.0 Å². The maximum atomic E-state index is 12.4. The van der Waals surface area contributed by atoms with E-state index >= 15 is 0 Å². The first-order chi connectivity index (χ1) is 12.5. The topological polar surface area (TPSA) is 61.6 Å². The number of anilines is 1. The quantitative estimate of drug-likeness (QED) is 0.457. The average molecular weight is 414 g/mol. The molecule has 1 unspecified atom stereocenters. The van der Waals surface area contributed by atoms with Crippen LogP contribution in [0, 0.1) is 0 Å². The van der Waals surface area contributed by atoms with Gasteiger partial charge < -0.3 is 4.90 Å². The van der Waals surface area contributed by atoms with Gasteiger partial charge in [0.05, 0.1) is 15.7 Å². The Kier molecular flexibility index (Phi) is 6.27. The molecule has 1 saturated heterocycles. The van der Waals surface area contributed by atoms with E-state index in [0.29, 0.717) is 41.2 Å². The second-order valence-corrected chi connectivity index (χ2v) is 7.22. The maximum absolute atomic E-state index is 12.4. The van der Waals surface area contributed by atoms with Crippen LogP contribution >= 0.6 is 34.8 Å². The van der Waals surface area contributed by atoms with Gasteiger partial charge in [-0.1, -0.05) is 59.1 Å². The van der Waals surface area contributed by atoms with Crippen molar-refractivity contribution >= 4 is 46.4 Å². The molecule has 1 heterocycles. The lowest BCUT2D eigenvalue weighted by Gasteiger charge is -2.40. The molecule has 0 spiro atoms. The summed E-state index contributed by atoms with van der Waals surface area (Å²) < 4.78 is 0. The number of amides is 1. The number of piperazine rings is 1. The fourth-order valence-corrected chi connectivity index (χ4v) is 3.89. The molecule has 3 rings (SSSR count). The molecule has 5 nitrogen and oxygen atoms in total. The predicted octanol–water partition coefficient (Wildman–Crippen LogP) is 3.50. The van der Waals surface area contributed by atoms with Crippen molar-refractivity contribution in [1.29, 1.82) is 0 Å². The highest BCUT2D eigenvalue weighted by molar-refractivity contribution is 6.43. The van der Waals surface area contributed by atoms with Crippen LogP contribution in [0.25, 0.3) is 0 Å². The molecule has 1 aliphatic rings. The van der Waals surface area contributed by atoms with E-state index in [1.807, 2.05) is 30.3 Å². The standard InChI is InChI=1S/C18H19Cl3N4O/c19-13-5-2-1-4-12(13)17(18(26)23-22)25-10-8-24(9-11-25)15-7-3-6-14(20)16(15)21/h1-7,17H,8-11,22H2,(H,23,26). The van der Waals surface area contributed by atoms with E-state index in [2.05, 4.69) is 15.2 Å². The van der Waals surface area contributed by atoms with E-state index in [1.165, 1.54) is 0 Å². The largest absolute Gasteiger partial charge is 0.368 e. The summed E-state index contributed by atoms with van der Waals surface area (Å²) in [4.78, 5) is 16.7. The van der Waals surface area contributed by atoms with Crippen molar-refractivity contribution < 1.29 is 4.79 Å². The maximum Gasteiger partial charge on any atom is 0.255 e. The molecule has 2 aromatic carbocycles. The molecule has 8 heteroatoms. The van der Waals surface area contributed by atoms with Crippen LogP contribution < -0.4 is 16.2 Å². The van der Waals surface area contributed by atoms with Crippen LogP contribution in [0.2, 0.25) is 15.1 Å². The Bertz CT molecular complexity index is 794. The highest BCUT2D eigenvalue weighted by Gasteiger charge is 2.32. The molecule has 0 radical (unpaired) electrons. The molecule has 1 atom stereocenters. The minimum absolute atomic E-state index is 0.285. The van der Waals surface area contributed by atoms with Gasteiger partial charge >= 0.3 is 0 Å². The Morgan fingerprint density at radius 2 is 1.62 bits per heavy atom. The SMILES string of the molecule is NNC(=O)C(c1ccccc1Cl)N1CCN(c2cccc(Cl)c2Cl)CC1. The molecular weight excluding hydrogens is 395 g/mol. The normalized spacial score (nSPS) is 16.4. The number of benzene rings is 2. The van der Waals surface area contributed by atoms with Gasteiger partial charge in [0, 0.05) is 31.2 Å². The van der Waals surface area contributed by atoms with Gasteiger partial charge in [0.1, 0.15) is 6.04 Å². The summed E-state index contributed by atoms with van der Waals surface area (Å²) in [6.45, 7) is 2.73. The van der Waals surface area contributed by atoms with Crippen LogP contribution in [0.5, 0.6) is 0 Å². The Morgan fingerprint density at radius 3 is 2.27 bits per heavy atom. The van der Waals surface area contributed by atoms with Gasteiger partial charge in [-0.25, -0.2) is 5.84 Å². The van der Waals surface area contributed by atoms with Gasteiger partial charge in [-0.2, -0.15) is 0 Å². The zero-order valence-corrected chi connectivity index (χ0v) is 16.2. The van der Waals surface area contributed by atoms with Crippen LogP contribution in [0.1, 0.15) is 11.6 Å². The minimum Gasteiger partial charge on any atom is -0.368 e. The summed E-state index contributed by atoms with van der Waals surface area (Å²) >= 11 is 18.8. The van der Waals surface area contributed by atoms with Crippen LogP contribution in [0.15, 0.2) is 42.5 Å². The number of rotatable bonds is 4. The Morgan fingerprint density at radius 1 is 0.962 bits per heavy atom. The van der Waals surface area contributed by atoms with Crippen LogP contribution in [-0.2, 0) is 4.79 Å². The molecule has 138 valence electrons. The lowest BCUT2D eigenvalue weighted by molar-refractivity contribution is -0.127. The van der Waals surface area contributed by atoms with Crippen molar-refractivity contribution in [3.63, 3.8) is 0 Å². The number of hydrazine groups is 1. The summed E-state index contributed by atoms with van der Waals surface area (Å²) in [6, 6.07) is 12.4. The first-order valence-corrected chi connectivity index (χ1v) is 9.34. The van der Waals surface area contributed by atoms with Crippen molar-refractivity contribution in [1.82, 2.24) is 10.3 Å². The highest BCUT2D eigenvalue weighted by Crippen LogP contribution is 2.34. The van der Waals surface area contributed by atoms with Crippen molar-refractivity contribution in [2.75, 3.05) is 31.1 Å². The average Bonchev–Trinajstić information content (AvgIpc) is 2.66. The van der Waals surface area contributed by atoms with Gasteiger partial charge in [0.25, 0.3) is 5.91 Å². The molecule has 0 aliphatic carbocycles. The van der Waals surface area contributed by atoms with Crippen molar-refractivity contribution in [3.05, 3.63) is 63.1 Å². The van der Waals surface area contributed by atoms with E-state index in [-0.39, 0.29) is 5.91 Å². The number of carbonyl (C=O) groups is 1. The second-order valence-electron chi connectivity index (χ2n) is 6.03. The lowest BCUT2D eigenvalue weighted by Crippen LogP contribution is -2.52. The number of hydrogen-bond acceptors (Lipinski definition) is 4. The van der Waals surface area contributed by atoms with E-state index < -0.39 is 6.04 Å². The smallest absolute Gasteiger partial charge is 0.255 e. The predicted molar refractivity (Wildman–Crippen MR) is 107 cm³/mol. The number of halogens is 3. The number of carbonyl (C=O) groups excluding carboxylic acids is 1. The highest BCUT2D eigenvalue weighted by atomic mass is 35.5. The molecular formula is C18H19Cl3N4O. The fraction of sp³-hybridized carbons (Fsp3) is 0.278. The molecule has 1 fully saturated rings. The summed E-state index contributed by atoms with van der Waals surface area (Å²) in [5, 5.41) is 1.62. The zero-order chi connectivity index (χ0) is 18.7. The molecule has 26 heavy (non-hydrogen) atoms. The minimum atomic E-state index is -0.536. The first-order valence-electron chi connectivity index (χ1n) is 8.21. The van der Waals surface area contributed by atoms with E-state index in [0.717, 1.165) is 11.3 Å². The molecule has 3 N–H and O–H groups in total. The summed E-state index contributed by atoms with van der Waals surface area (Å²) in [5.74, 6) is 5.13.